The molecule has 6 nitrogen and oxygen atoms in total. The van der Waals surface area contributed by atoms with E-state index in [1.807, 2.05) is 48.1 Å². The Bertz CT molecular complexity index is 1040. The monoisotopic (exact) mass is 369 g/mol. The van der Waals surface area contributed by atoms with Crippen LogP contribution in [0.4, 0.5) is 16.5 Å². The Morgan fingerprint density at radius 2 is 1.88 bits per heavy atom. The molecule has 0 aliphatic rings. The molecule has 0 spiro atoms. The summed E-state index contributed by atoms with van der Waals surface area (Å²) in [5, 5.41) is 10.9. The molecular weight excluding hydrogens is 354 g/mol. The van der Waals surface area contributed by atoms with Gasteiger partial charge in [0.2, 0.25) is 5.91 Å². The fourth-order valence-corrected chi connectivity index (χ4v) is 4.08. The Labute approximate surface area is 152 Å². The molecule has 8 heteroatoms. The average molecular weight is 369 g/mol. The van der Waals surface area contributed by atoms with E-state index in [1.165, 1.54) is 6.92 Å². The van der Waals surface area contributed by atoms with E-state index in [9.17, 15) is 4.79 Å². The number of rotatable bonds is 4. The van der Waals surface area contributed by atoms with Gasteiger partial charge in [0.15, 0.2) is 10.1 Å². The summed E-state index contributed by atoms with van der Waals surface area (Å²) in [6.45, 7) is 3.49. The Kier molecular flexibility index (Phi) is 3.98. The summed E-state index contributed by atoms with van der Waals surface area (Å²) in [6.07, 6.45) is 2.02. The van der Waals surface area contributed by atoms with Crippen LogP contribution in [0.3, 0.4) is 0 Å². The summed E-state index contributed by atoms with van der Waals surface area (Å²) in [5.74, 6) is -0.0822. The Hall–Kier alpha value is -2.71. The highest BCUT2D eigenvalue weighted by molar-refractivity contribution is 7.15. The largest absolute Gasteiger partial charge is 0.332 e. The van der Waals surface area contributed by atoms with Crippen molar-refractivity contribution in [2.24, 2.45) is 0 Å². The maximum absolute atomic E-state index is 11.1. The summed E-state index contributed by atoms with van der Waals surface area (Å²) in [7, 11) is 0. The number of thiazole rings is 2. The van der Waals surface area contributed by atoms with Gasteiger partial charge in [-0.25, -0.2) is 9.97 Å². The van der Waals surface area contributed by atoms with Crippen LogP contribution in [-0.4, -0.2) is 20.3 Å². The molecule has 0 saturated heterocycles. The van der Waals surface area contributed by atoms with Crippen LogP contribution in [0.2, 0.25) is 0 Å². The van der Waals surface area contributed by atoms with E-state index in [1.54, 1.807) is 22.7 Å². The van der Waals surface area contributed by atoms with Crippen LogP contribution in [0, 0.1) is 6.92 Å². The predicted octanol–water partition coefficient (Wildman–Crippen LogP) is 4.53. The van der Waals surface area contributed by atoms with Crippen LogP contribution >= 0.6 is 22.7 Å². The number of imidazole rings is 1. The molecule has 4 rings (SSSR count). The first-order valence-corrected chi connectivity index (χ1v) is 9.39. The molecule has 0 aliphatic carbocycles. The van der Waals surface area contributed by atoms with Crippen molar-refractivity contribution in [3.63, 3.8) is 0 Å². The summed E-state index contributed by atoms with van der Waals surface area (Å²) in [5.41, 5.74) is 4.60. The van der Waals surface area contributed by atoms with Crippen LogP contribution in [0.5, 0.6) is 0 Å². The summed E-state index contributed by atoms with van der Waals surface area (Å²) < 4.78 is 2.07. The maximum Gasteiger partial charge on any atom is 0.221 e. The minimum absolute atomic E-state index is 0.0822. The zero-order chi connectivity index (χ0) is 17.4. The Balaban J connectivity index is 1.56. The van der Waals surface area contributed by atoms with Crippen LogP contribution in [0.1, 0.15) is 12.6 Å². The standard InChI is InChI=1S/C17H15N5OS2/c1-10-15(22-7-8-24-17(22)18-10)14-9-25-16(21-14)20-13-5-3-12(4-6-13)19-11(2)23/h3-9H,1-2H3,(H,19,23)(H,20,21). The Morgan fingerprint density at radius 3 is 2.64 bits per heavy atom. The lowest BCUT2D eigenvalue weighted by Gasteiger charge is -2.05. The molecule has 1 amide bonds. The van der Waals surface area contributed by atoms with Crippen LogP contribution in [0.25, 0.3) is 16.3 Å². The number of amides is 1. The first kappa shape index (κ1) is 15.8. The highest BCUT2D eigenvalue weighted by Crippen LogP contribution is 2.31. The van der Waals surface area contributed by atoms with Gasteiger partial charge in [0.1, 0.15) is 5.69 Å². The number of hydrogen-bond donors (Lipinski definition) is 2. The van der Waals surface area contributed by atoms with Gasteiger partial charge in [-0.3, -0.25) is 9.20 Å². The normalized spacial score (nSPS) is 11.0. The SMILES string of the molecule is CC(=O)Nc1ccc(Nc2nc(-c3c(C)nc4sccn34)cs2)cc1. The second-order valence-corrected chi connectivity index (χ2v) is 7.25. The third-order valence-electron chi connectivity index (χ3n) is 3.64. The van der Waals surface area contributed by atoms with Gasteiger partial charge in [0.25, 0.3) is 0 Å². The summed E-state index contributed by atoms with van der Waals surface area (Å²) in [6, 6.07) is 7.53. The molecule has 0 unspecified atom stereocenters. The fourth-order valence-electron chi connectivity index (χ4n) is 2.61. The predicted molar refractivity (Wildman–Crippen MR) is 103 cm³/mol. The molecule has 0 aliphatic heterocycles. The minimum atomic E-state index is -0.0822. The van der Waals surface area contributed by atoms with Crippen molar-refractivity contribution in [2.45, 2.75) is 13.8 Å². The highest BCUT2D eigenvalue weighted by Gasteiger charge is 2.14. The van der Waals surface area contributed by atoms with Gasteiger partial charge in [-0.2, -0.15) is 0 Å². The number of anilines is 3. The van der Waals surface area contributed by atoms with Gasteiger partial charge < -0.3 is 10.6 Å². The van der Waals surface area contributed by atoms with Gasteiger partial charge in [-0.15, -0.1) is 22.7 Å². The number of fused-ring (bicyclic) bond motifs is 1. The van der Waals surface area contributed by atoms with E-state index >= 15 is 0 Å². The van der Waals surface area contributed by atoms with Crippen molar-refractivity contribution in [3.8, 4) is 11.4 Å². The second kappa shape index (κ2) is 6.30. The molecule has 3 aromatic heterocycles. The first-order chi connectivity index (χ1) is 12.1. The van der Waals surface area contributed by atoms with Gasteiger partial charge in [0, 0.05) is 35.3 Å². The number of hydrogen-bond acceptors (Lipinski definition) is 6. The van der Waals surface area contributed by atoms with Crippen LogP contribution < -0.4 is 10.6 Å². The zero-order valence-corrected chi connectivity index (χ0v) is 15.2. The van der Waals surface area contributed by atoms with Crippen molar-refractivity contribution >= 4 is 50.0 Å². The lowest BCUT2D eigenvalue weighted by Crippen LogP contribution is -2.05. The van der Waals surface area contributed by atoms with E-state index < -0.39 is 0 Å². The number of carbonyl (C=O) groups excluding carboxylic acids is 1. The topological polar surface area (TPSA) is 71.3 Å². The Morgan fingerprint density at radius 1 is 1.12 bits per heavy atom. The molecule has 3 heterocycles. The fraction of sp³-hybridized carbons (Fsp3) is 0.118. The van der Waals surface area contributed by atoms with Crippen molar-refractivity contribution in [2.75, 3.05) is 10.6 Å². The molecule has 0 saturated carbocycles. The molecule has 0 fully saturated rings. The number of benzene rings is 1. The van der Waals surface area contributed by atoms with E-state index in [4.69, 9.17) is 4.98 Å². The van der Waals surface area contributed by atoms with E-state index in [0.29, 0.717) is 0 Å². The van der Waals surface area contributed by atoms with E-state index in [2.05, 4.69) is 20.0 Å². The van der Waals surface area contributed by atoms with Crippen molar-refractivity contribution in [1.29, 1.82) is 0 Å². The molecular formula is C17H15N5OS2. The summed E-state index contributed by atoms with van der Waals surface area (Å²) >= 11 is 3.16. The van der Waals surface area contributed by atoms with Gasteiger partial charge >= 0.3 is 0 Å². The molecule has 0 atom stereocenters. The molecule has 0 bridgehead atoms. The van der Waals surface area contributed by atoms with Gasteiger partial charge in [0.05, 0.1) is 11.4 Å². The number of aromatic nitrogens is 3. The van der Waals surface area contributed by atoms with Crippen molar-refractivity contribution in [3.05, 3.63) is 46.9 Å². The maximum atomic E-state index is 11.1. The van der Waals surface area contributed by atoms with Crippen molar-refractivity contribution in [1.82, 2.24) is 14.4 Å². The second-order valence-electron chi connectivity index (χ2n) is 5.52. The quantitative estimate of drug-likeness (QED) is 0.554. The minimum Gasteiger partial charge on any atom is -0.332 e. The third kappa shape index (κ3) is 3.13. The van der Waals surface area contributed by atoms with Crippen molar-refractivity contribution < 1.29 is 4.79 Å². The number of aryl methyl sites for hydroxylation is 1. The number of nitrogens with zero attached hydrogens (tertiary/aromatic N) is 3. The van der Waals surface area contributed by atoms with Crippen LogP contribution in [-0.2, 0) is 4.79 Å². The highest BCUT2D eigenvalue weighted by atomic mass is 32.1. The lowest BCUT2D eigenvalue weighted by atomic mass is 10.3. The van der Waals surface area contributed by atoms with E-state index in [-0.39, 0.29) is 5.91 Å². The molecule has 25 heavy (non-hydrogen) atoms. The molecule has 0 radical (unpaired) electrons. The number of carbonyl (C=O) groups is 1. The number of nitrogens with one attached hydrogen (secondary N) is 2. The molecule has 1 aromatic carbocycles. The summed E-state index contributed by atoms with van der Waals surface area (Å²) in [4.78, 5) is 21.3. The average Bonchev–Trinajstić information content (AvgIpc) is 3.25. The third-order valence-corrected chi connectivity index (χ3v) is 5.15. The smallest absolute Gasteiger partial charge is 0.221 e. The van der Waals surface area contributed by atoms with Gasteiger partial charge in [-0.1, -0.05) is 0 Å². The first-order valence-electron chi connectivity index (χ1n) is 7.63. The lowest BCUT2D eigenvalue weighted by molar-refractivity contribution is -0.114. The molecule has 2 N–H and O–H groups in total. The molecule has 126 valence electrons. The van der Waals surface area contributed by atoms with E-state index in [0.717, 1.165) is 38.5 Å². The molecule has 4 aromatic rings. The van der Waals surface area contributed by atoms with Crippen LogP contribution in [0.15, 0.2) is 41.2 Å². The van der Waals surface area contributed by atoms with Gasteiger partial charge in [-0.05, 0) is 31.2 Å². The zero-order valence-electron chi connectivity index (χ0n) is 13.6.